The second-order valence-electron chi connectivity index (χ2n) is 2.21. The molecule has 8 heteroatoms. The van der Waals surface area contributed by atoms with E-state index in [4.69, 9.17) is 0 Å². The number of allylic oxidation sites excluding steroid dienone is 2. The Morgan fingerprint density at radius 2 is 1.93 bits per heavy atom. The maximum Gasteiger partial charge on any atom is 0.523 e. The lowest BCUT2D eigenvalue weighted by Crippen LogP contribution is -2.30. The lowest BCUT2D eigenvalue weighted by molar-refractivity contribution is -0.0709. The summed E-state index contributed by atoms with van der Waals surface area (Å²) in [6.45, 7) is 0. The van der Waals surface area contributed by atoms with Gasteiger partial charge in [-0.15, -0.1) is 0 Å². The molecule has 1 atom stereocenters. The van der Waals surface area contributed by atoms with E-state index in [1.165, 1.54) is 12.2 Å². The largest absolute Gasteiger partial charge is 0.523 e. The van der Waals surface area contributed by atoms with Gasteiger partial charge in [0.15, 0.2) is 0 Å². The van der Waals surface area contributed by atoms with E-state index in [-0.39, 0.29) is 0 Å². The van der Waals surface area contributed by atoms with Gasteiger partial charge >= 0.3 is 15.6 Å². The Kier molecular flexibility index (Phi) is 2.86. The molecule has 1 heterocycles. The Morgan fingerprint density at radius 1 is 1.29 bits per heavy atom. The topological polar surface area (TPSA) is 52.6 Å². The Hall–Kier alpha value is -1.02. The lowest BCUT2D eigenvalue weighted by Gasteiger charge is -2.16. The maximum absolute atomic E-state index is 11.8. The summed E-state index contributed by atoms with van der Waals surface area (Å²) in [7, 11) is -5.61. The van der Waals surface area contributed by atoms with Gasteiger partial charge in [0.1, 0.15) is 0 Å². The van der Waals surface area contributed by atoms with E-state index in [0.29, 0.717) is 0 Å². The highest BCUT2D eigenvalue weighted by Crippen LogP contribution is 2.26. The number of hydrogen-bond acceptors (Lipinski definition) is 4. The normalized spacial score (nSPS) is 22.1. The van der Waals surface area contributed by atoms with E-state index in [1.54, 1.807) is 0 Å². The fourth-order valence-electron chi connectivity index (χ4n) is 0.603. The van der Waals surface area contributed by atoms with Crippen molar-refractivity contribution in [1.82, 2.24) is 0 Å². The molecule has 1 unspecified atom stereocenters. The average Bonchev–Trinajstić information content (AvgIpc) is 2.03. The van der Waals surface area contributed by atoms with Crippen molar-refractivity contribution in [3.05, 3.63) is 24.5 Å². The predicted octanol–water partition coefficient (Wildman–Crippen LogP) is 1.28. The van der Waals surface area contributed by atoms with Gasteiger partial charge in [-0.05, 0) is 12.2 Å². The second kappa shape index (κ2) is 3.62. The van der Waals surface area contributed by atoms with Crippen molar-refractivity contribution in [3.8, 4) is 0 Å². The highest BCUT2D eigenvalue weighted by atomic mass is 32.2. The van der Waals surface area contributed by atoms with Crippen LogP contribution in [-0.4, -0.2) is 20.2 Å². The van der Waals surface area contributed by atoms with E-state index >= 15 is 0 Å². The molecule has 0 amide bonds. The molecule has 1 aliphatic heterocycles. The highest BCUT2D eigenvalue weighted by Gasteiger charge is 2.48. The molecule has 0 aromatic heterocycles. The quantitative estimate of drug-likeness (QED) is 0.529. The summed E-state index contributed by atoms with van der Waals surface area (Å²) in [6, 6.07) is 0. The number of halogens is 3. The fraction of sp³-hybridized carbons (Fsp3) is 0.333. The Morgan fingerprint density at radius 3 is 2.36 bits per heavy atom. The number of hydrogen-bond donors (Lipinski definition) is 0. The molecule has 0 spiro atoms. The van der Waals surface area contributed by atoms with Gasteiger partial charge < -0.3 is 4.74 Å². The Bertz CT molecular complexity index is 354. The van der Waals surface area contributed by atoms with Crippen molar-refractivity contribution in [1.29, 1.82) is 0 Å². The van der Waals surface area contributed by atoms with Crippen LogP contribution >= 0.6 is 0 Å². The van der Waals surface area contributed by atoms with Gasteiger partial charge in [-0.2, -0.15) is 21.6 Å². The van der Waals surface area contributed by atoms with Gasteiger partial charge in [-0.3, -0.25) is 0 Å². The zero-order valence-electron chi connectivity index (χ0n) is 6.56. The first-order chi connectivity index (χ1) is 6.33. The van der Waals surface area contributed by atoms with E-state index in [9.17, 15) is 21.6 Å². The van der Waals surface area contributed by atoms with Crippen LogP contribution in [0.1, 0.15) is 0 Å². The summed E-state index contributed by atoms with van der Waals surface area (Å²) >= 11 is 0. The molecular formula is C6H5F3O4S. The van der Waals surface area contributed by atoms with Crippen LogP contribution in [-0.2, 0) is 19.0 Å². The van der Waals surface area contributed by atoms with Gasteiger partial charge in [-0.1, -0.05) is 6.08 Å². The molecule has 0 radical (unpaired) electrons. The SMILES string of the molecule is O=S(=O)(OC1C=CC=CO1)C(F)(F)F. The summed E-state index contributed by atoms with van der Waals surface area (Å²) in [5.41, 5.74) is -5.44. The molecule has 0 bridgehead atoms. The maximum atomic E-state index is 11.8. The summed E-state index contributed by atoms with van der Waals surface area (Å²) in [6.07, 6.45) is 3.17. The van der Waals surface area contributed by atoms with Gasteiger partial charge in [0.25, 0.3) is 0 Å². The smallest absolute Gasteiger partial charge is 0.468 e. The van der Waals surface area contributed by atoms with Crippen molar-refractivity contribution in [2.24, 2.45) is 0 Å². The zero-order chi connectivity index (χ0) is 10.8. The number of rotatable bonds is 2. The molecule has 0 aliphatic carbocycles. The Balaban J connectivity index is 2.70. The minimum Gasteiger partial charge on any atom is -0.468 e. The first-order valence-electron chi connectivity index (χ1n) is 3.31. The van der Waals surface area contributed by atoms with Crippen molar-refractivity contribution in [2.75, 3.05) is 0 Å². The van der Waals surface area contributed by atoms with Crippen molar-refractivity contribution < 1.29 is 30.5 Å². The zero-order valence-corrected chi connectivity index (χ0v) is 7.38. The van der Waals surface area contributed by atoms with Crippen molar-refractivity contribution >= 4 is 10.1 Å². The first kappa shape index (κ1) is 11.1. The molecule has 0 aromatic carbocycles. The summed E-state index contributed by atoms with van der Waals surface area (Å²) in [5, 5.41) is 0. The molecule has 14 heavy (non-hydrogen) atoms. The van der Waals surface area contributed by atoms with Gasteiger partial charge in [0.2, 0.25) is 6.29 Å². The third-order valence-corrected chi connectivity index (χ3v) is 2.19. The molecule has 0 fully saturated rings. The van der Waals surface area contributed by atoms with Crippen LogP contribution in [0.4, 0.5) is 13.2 Å². The third kappa shape index (κ3) is 2.48. The molecule has 0 saturated heterocycles. The van der Waals surface area contributed by atoms with Crippen LogP contribution in [0.15, 0.2) is 24.5 Å². The van der Waals surface area contributed by atoms with E-state index < -0.39 is 21.9 Å². The molecule has 1 aliphatic rings. The van der Waals surface area contributed by atoms with Crippen LogP contribution in [0.25, 0.3) is 0 Å². The Labute approximate surface area is 77.7 Å². The number of ether oxygens (including phenoxy) is 1. The van der Waals surface area contributed by atoms with Crippen LogP contribution in [0, 0.1) is 0 Å². The van der Waals surface area contributed by atoms with Crippen LogP contribution in [0.2, 0.25) is 0 Å². The van der Waals surface area contributed by atoms with Crippen LogP contribution in [0.5, 0.6) is 0 Å². The third-order valence-electron chi connectivity index (χ3n) is 1.18. The van der Waals surface area contributed by atoms with E-state index in [1.807, 2.05) is 0 Å². The standard InChI is InChI=1S/C6H5F3O4S/c7-6(8,9)14(10,11)13-5-3-1-2-4-12-5/h1-5H. The molecule has 80 valence electrons. The van der Waals surface area contributed by atoms with Crippen LogP contribution < -0.4 is 0 Å². The first-order valence-corrected chi connectivity index (χ1v) is 4.72. The second-order valence-corrected chi connectivity index (χ2v) is 3.78. The monoisotopic (exact) mass is 230 g/mol. The lowest BCUT2D eigenvalue weighted by atomic mass is 10.4. The fourth-order valence-corrected chi connectivity index (χ4v) is 1.07. The van der Waals surface area contributed by atoms with Crippen molar-refractivity contribution in [2.45, 2.75) is 11.8 Å². The number of alkyl halides is 3. The van der Waals surface area contributed by atoms with Crippen molar-refractivity contribution in [3.63, 3.8) is 0 Å². The molecule has 4 nitrogen and oxygen atoms in total. The van der Waals surface area contributed by atoms with E-state index in [0.717, 1.165) is 12.3 Å². The average molecular weight is 230 g/mol. The summed E-state index contributed by atoms with van der Waals surface area (Å²) in [5.74, 6) is 0. The summed E-state index contributed by atoms with van der Waals surface area (Å²) in [4.78, 5) is 0. The minimum absolute atomic E-state index is 1.02. The molecular weight excluding hydrogens is 225 g/mol. The van der Waals surface area contributed by atoms with E-state index in [2.05, 4.69) is 8.92 Å². The van der Waals surface area contributed by atoms with Gasteiger partial charge in [0.05, 0.1) is 6.26 Å². The summed E-state index contributed by atoms with van der Waals surface area (Å²) < 4.78 is 64.4. The molecule has 0 saturated carbocycles. The predicted molar refractivity (Wildman–Crippen MR) is 39.2 cm³/mol. The molecule has 0 N–H and O–H groups in total. The molecule has 0 aromatic rings. The minimum atomic E-state index is -5.61. The highest BCUT2D eigenvalue weighted by molar-refractivity contribution is 7.87. The van der Waals surface area contributed by atoms with Gasteiger partial charge in [-0.25, -0.2) is 4.18 Å². The van der Waals surface area contributed by atoms with Gasteiger partial charge in [0, 0.05) is 0 Å². The molecule has 1 rings (SSSR count). The van der Waals surface area contributed by atoms with Crippen LogP contribution in [0.3, 0.4) is 0 Å².